The van der Waals surface area contributed by atoms with Gasteiger partial charge in [-0.1, -0.05) is 0 Å². The fraction of sp³-hybridized carbons (Fsp3) is 0. The minimum absolute atomic E-state index is 0. The number of nitrogens with two attached hydrogens (primary N) is 2. The van der Waals surface area contributed by atoms with E-state index in [4.69, 9.17) is 20.6 Å². The van der Waals surface area contributed by atoms with E-state index in [2.05, 4.69) is 20.4 Å². The van der Waals surface area contributed by atoms with Crippen molar-refractivity contribution in [2.45, 2.75) is 9.79 Å². The predicted molar refractivity (Wildman–Crippen MR) is 114 cm³/mol. The Bertz CT molecular complexity index is 1270. The van der Waals surface area contributed by atoms with Gasteiger partial charge in [0.05, 0.1) is 12.4 Å². The van der Waals surface area contributed by atoms with Crippen LogP contribution in [0, 0.1) is 0 Å². The maximum absolute atomic E-state index is 11.2. The molecule has 8 N–H and O–H groups in total. The van der Waals surface area contributed by atoms with Gasteiger partial charge >= 0.3 is 29.6 Å². The maximum atomic E-state index is 11.2. The molecule has 0 aromatic heterocycles. The van der Waals surface area contributed by atoms with Crippen molar-refractivity contribution in [2.75, 3.05) is 0 Å². The Morgan fingerprint density at radius 2 is 1.06 bits per heavy atom. The molecule has 0 atom stereocenters. The van der Waals surface area contributed by atoms with Crippen LogP contribution < -0.4 is 41.0 Å². The summed E-state index contributed by atoms with van der Waals surface area (Å²) < 4.78 is 62.7. The summed E-state index contributed by atoms with van der Waals surface area (Å²) in [7, 11) is -9.29. The van der Waals surface area contributed by atoms with E-state index >= 15 is 0 Å². The summed E-state index contributed by atoms with van der Waals surface area (Å²) in [5, 5.41) is 33.1. The molecule has 0 amide bonds. The zero-order valence-corrected chi connectivity index (χ0v) is 20.4. The number of hydrogen-bond donors (Lipinski definition) is 6. The monoisotopic (exact) mass is 507 g/mol. The Morgan fingerprint density at radius 1 is 0.727 bits per heavy atom. The van der Waals surface area contributed by atoms with Gasteiger partial charge in [0.1, 0.15) is 21.3 Å². The second kappa shape index (κ2) is 11.3. The van der Waals surface area contributed by atoms with Crippen molar-refractivity contribution in [2.24, 2.45) is 31.9 Å². The largest absolute Gasteiger partial charge is 1.00 e. The minimum atomic E-state index is -4.65. The molecule has 2 aromatic rings. The summed E-state index contributed by atoms with van der Waals surface area (Å²) in [5.74, 6) is -2.06. The fourth-order valence-corrected chi connectivity index (χ4v) is 3.29. The number of rotatable bonds is 6. The summed E-state index contributed by atoms with van der Waals surface area (Å²) >= 11 is 0. The number of phenolic OH excluding ortho intramolecular Hbond substituents is 2. The van der Waals surface area contributed by atoms with Crippen molar-refractivity contribution < 1.29 is 65.7 Å². The second-order valence-electron chi connectivity index (χ2n) is 5.86. The van der Waals surface area contributed by atoms with Crippen LogP contribution in [0.2, 0.25) is 0 Å². The van der Waals surface area contributed by atoms with Crippen LogP contribution in [0.25, 0.3) is 0 Å². The first-order valence-corrected chi connectivity index (χ1v) is 11.0. The molecule has 0 aliphatic carbocycles. The van der Waals surface area contributed by atoms with Gasteiger partial charge in [0.25, 0.3) is 20.2 Å². The molecule has 0 spiro atoms. The summed E-state index contributed by atoms with van der Waals surface area (Å²) in [6.45, 7) is 0. The van der Waals surface area contributed by atoms with Crippen LogP contribution in [0.4, 0.5) is 0 Å². The van der Waals surface area contributed by atoms with E-state index in [1.165, 1.54) is 12.1 Å². The quantitative estimate of drug-likeness (QED) is 0.0745. The minimum Gasteiger partial charge on any atom is -0.506 e. The van der Waals surface area contributed by atoms with Crippen molar-refractivity contribution in [3.05, 3.63) is 47.5 Å². The Labute approximate surface area is 209 Å². The Kier molecular flexibility index (Phi) is 9.67. The zero-order valence-electron chi connectivity index (χ0n) is 16.8. The van der Waals surface area contributed by atoms with Crippen LogP contribution in [0.3, 0.4) is 0 Å². The summed E-state index contributed by atoms with van der Waals surface area (Å²) in [4.78, 5) is -1.44. The first-order valence-electron chi connectivity index (χ1n) is 8.13. The molecule has 0 bridgehead atoms. The standard InChI is InChI=1S/C16H16N6O8S2.Na/c17-15(21-19-7-9-1-3-11(23)13(5-9)31(25,26)27)16(18)22-20-8-10-2-4-12(24)14(6-10)32(28,29)30;/h1-8,23-24H,(H2,17,21)(H2,18,22)(H,25,26,27)(H,28,29,30);/q;+1/b19-7-,20-8+;. The van der Waals surface area contributed by atoms with E-state index in [1.807, 2.05) is 0 Å². The second-order valence-corrected chi connectivity index (χ2v) is 8.64. The zero-order chi connectivity index (χ0) is 24.1. The van der Waals surface area contributed by atoms with Gasteiger partial charge in [-0.05, 0) is 47.5 Å². The van der Waals surface area contributed by atoms with Gasteiger partial charge in [-0.3, -0.25) is 9.11 Å². The first kappa shape index (κ1) is 28.2. The molecule has 0 saturated carbocycles. The molecule has 170 valence electrons. The molecule has 33 heavy (non-hydrogen) atoms. The average molecular weight is 507 g/mol. The summed E-state index contributed by atoms with van der Waals surface area (Å²) in [6.07, 6.45) is 2.12. The number of aromatic hydroxyl groups is 2. The first-order chi connectivity index (χ1) is 14.8. The molecular formula is C16H16N6NaO8S2+. The van der Waals surface area contributed by atoms with Crippen molar-refractivity contribution in [3.63, 3.8) is 0 Å². The molecule has 0 fully saturated rings. The van der Waals surface area contributed by atoms with E-state index in [9.17, 15) is 27.0 Å². The van der Waals surface area contributed by atoms with E-state index in [0.717, 1.165) is 36.7 Å². The Morgan fingerprint density at radius 3 is 1.36 bits per heavy atom. The summed E-state index contributed by atoms with van der Waals surface area (Å²) in [5.41, 5.74) is 11.5. The smallest absolute Gasteiger partial charge is 0.506 e. The molecule has 0 aliphatic rings. The molecule has 0 unspecified atom stereocenters. The van der Waals surface area contributed by atoms with Crippen LogP contribution >= 0.6 is 0 Å². The third-order valence-corrected chi connectivity index (χ3v) is 5.30. The van der Waals surface area contributed by atoms with Gasteiger partial charge in [0.15, 0.2) is 11.7 Å². The molecule has 14 nitrogen and oxygen atoms in total. The molecule has 2 rings (SSSR count). The molecule has 0 saturated heterocycles. The van der Waals surface area contributed by atoms with E-state index in [0.29, 0.717) is 0 Å². The molecule has 2 aromatic carbocycles. The maximum Gasteiger partial charge on any atom is 1.00 e. The third kappa shape index (κ3) is 8.21. The third-order valence-electron chi connectivity index (χ3n) is 3.53. The summed E-state index contributed by atoms with van der Waals surface area (Å²) in [6, 6.07) is 6.52. The van der Waals surface area contributed by atoms with E-state index < -0.39 is 41.5 Å². The van der Waals surface area contributed by atoms with Crippen LogP contribution in [0.1, 0.15) is 11.1 Å². The van der Waals surface area contributed by atoms with E-state index in [1.54, 1.807) is 0 Å². The van der Waals surface area contributed by atoms with Crippen molar-refractivity contribution in [1.29, 1.82) is 0 Å². The molecule has 17 heteroatoms. The van der Waals surface area contributed by atoms with Crippen LogP contribution in [-0.4, -0.2) is 60.3 Å². The molecular weight excluding hydrogens is 491 g/mol. The van der Waals surface area contributed by atoms with Crippen LogP contribution in [0.15, 0.2) is 66.6 Å². The van der Waals surface area contributed by atoms with Gasteiger partial charge in [0.2, 0.25) is 0 Å². The van der Waals surface area contributed by atoms with Crippen LogP contribution in [-0.2, 0) is 20.2 Å². The topological polar surface area (TPSA) is 251 Å². The number of amidine groups is 2. The van der Waals surface area contributed by atoms with E-state index in [-0.39, 0.29) is 52.4 Å². The fourth-order valence-electron chi connectivity index (χ4n) is 2.05. The van der Waals surface area contributed by atoms with Crippen molar-refractivity contribution >= 4 is 44.3 Å². The number of phenols is 2. The van der Waals surface area contributed by atoms with Crippen LogP contribution in [0.5, 0.6) is 11.5 Å². The van der Waals surface area contributed by atoms with Crippen molar-refractivity contribution in [1.82, 2.24) is 0 Å². The molecule has 0 radical (unpaired) electrons. The van der Waals surface area contributed by atoms with Gasteiger partial charge in [-0.25, -0.2) is 0 Å². The number of hydrogen-bond acceptors (Lipinski definition) is 10. The average Bonchev–Trinajstić information content (AvgIpc) is 2.68. The normalized spacial score (nSPS) is 13.4. The van der Waals surface area contributed by atoms with Crippen molar-refractivity contribution in [3.8, 4) is 11.5 Å². The Balaban J connectivity index is 0.00000544. The van der Waals surface area contributed by atoms with Gasteiger partial charge in [-0.15, -0.1) is 10.2 Å². The molecule has 0 aliphatic heterocycles. The Hall–Kier alpha value is -2.86. The predicted octanol–water partition coefficient (Wildman–Crippen LogP) is -3.32. The van der Waals surface area contributed by atoms with Gasteiger partial charge < -0.3 is 21.7 Å². The molecule has 0 heterocycles. The number of benzene rings is 2. The number of nitrogens with zero attached hydrogens (tertiary/aromatic N) is 4. The van der Waals surface area contributed by atoms with Gasteiger partial charge in [-0.2, -0.15) is 27.0 Å². The van der Waals surface area contributed by atoms with Gasteiger partial charge in [0, 0.05) is 0 Å². The SMILES string of the molecule is NC(=N\N=C\c1ccc(O)c(S(=O)(=O)O)c1)/C(N)=N\N=C/c1ccc(O)c(S(=O)(=O)O)c1.[Na+].